The maximum absolute atomic E-state index is 14.8. The molecule has 3 atom stereocenters. The van der Waals surface area contributed by atoms with Crippen LogP contribution in [0.1, 0.15) is 61.9 Å². The van der Waals surface area contributed by atoms with Crippen molar-refractivity contribution in [2.75, 3.05) is 38.1 Å². The predicted molar refractivity (Wildman–Crippen MR) is 235 cm³/mol. The highest BCUT2D eigenvalue weighted by atomic mass is 16.5. The van der Waals surface area contributed by atoms with E-state index >= 15 is 0 Å². The molecule has 0 fully saturated rings. The molecule has 6 aromatic rings. The summed E-state index contributed by atoms with van der Waals surface area (Å²) < 4.78 is 16.4. The van der Waals surface area contributed by atoms with Gasteiger partial charge in [-0.2, -0.15) is 0 Å². The van der Waals surface area contributed by atoms with Gasteiger partial charge in [0.1, 0.15) is 18.4 Å². The Kier molecular flexibility index (Phi) is 11.8. The van der Waals surface area contributed by atoms with Gasteiger partial charge in [0.05, 0.1) is 32.4 Å². The van der Waals surface area contributed by atoms with Gasteiger partial charge in [0.15, 0.2) is 11.9 Å². The third-order valence-corrected chi connectivity index (χ3v) is 11.6. The van der Waals surface area contributed by atoms with Crippen LogP contribution in [0.5, 0.6) is 5.75 Å². The number of fused-ring (bicyclic) bond motifs is 5. The van der Waals surface area contributed by atoms with Gasteiger partial charge in [0.25, 0.3) is 5.91 Å². The van der Waals surface area contributed by atoms with E-state index in [9.17, 15) is 24.0 Å². The summed E-state index contributed by atoms with van der Waals surface area (Å²) in [6.45, 7) is 1.79. The van der Waals surface area contributed by atoms with Crippen LogP contribution in [0.15, 0.2) is 127 Å². The van der Waals surface area contributed by atoms with E-state index in [0.29, 0.717) is 39.4 Å². The Labute approximate surface area is 358 Å². The number of methoxy groups -OCH3 is 2. The van der Waals surface area contributed by atoms with Crippen molar-refractivity contribution >= 4 is 51.8 Å². The number of hydrogen-bond acceptors (Lipinski definition) is 10. The first-order valence-corrected chi connectivity index (χ1v) is 20.2. The number of amides is 3. The molecule has 0 saturated carbocycles. The Morgan fingerprint density at radius 2 is 1.42 bits per heavy atom. The predicted octanol–water partition coefficient (Wildman–Crippen LogP) is 7.11. The number of benzene rings is 6. The van der Waals surface area contributed by atoms with Crippen molar-refractivity contribution in [3.05, 3.63) is 161 Å². The number of likely N-dealkylation sites (N-methyl/N-ethyl adjacent to an activating group) is 1. The second kappa shape index (κ2) is 17.7. The number of anilines is 2. The maximum Gasteiger partial charge on any atom is 0.411 e. The smallest absolute Gasteiger partial charge is 0.411 e. The van der Waals surface area contributed by atoms with Crippen molar-refractivity contribution in [1.82, 2.24) is 16.0 Å². The second-order valence-electron chi connectivity index (χ2n) is 15.1. The average Bonchev–Trinajstić information content (AvgIpc) is 3.57. The number of Topliss-reactive ketones (excluding diaryl/α,β-unsaturated/α-hetero) is 1. The van der Waals surface area contributed by atoms with Crippen molar-refractivity contribution in [3.8, 4) is 16.9 Å². The molecule has 6 aromatic carbocycles. The molecule has 314 valence electrons. The van der Waals surface area contributed by atoms with E-state index < -0.39 is 42.1 Å². The quantitative estimate of drug-likeness (QED) is 0.0739. The number of nitrogens with one attached hydrogen (secondary N) is 4. The number of hydrogen-bond donors (Lipinski definition) is 4. The van der Waals surface area contributed by atoms with Crippen molar-refractivity contribution in [2.24, 2.45) is 0 Å². The highest BCUT2D eigenvalue weighted by Gasteiger charge is 2.39. The van der Waals surface area contributed by atoms with Gasteiger partial charge in [0, 0.05) is 34.0 Å². The molecule has 0 radical (unpaired) electrons. The highest BCUT2D eigenvalue weighted by molar-refractivity contribution is 6.07. The van der Waals surface area contributed by atoms with E-state index in [4.69, 9.17) is 14.2 Å². The molecule has 0 saturated heterocycles. The number of rotatable bonds is 12. The lowest BCUT2D eigenvalue weighted by atomic mass is 9.95. The van der Waals surface area contributed by atoms with Crippen LogP contribution in [0, 0.1) is 0 Å². The summed E-state index contributed by atoms with van der Waals surface area (Å²) in [5.41, 5.74) is 7.12. The van der Waals surface area contributed by atoms with Crippen LogP contribution < -0.4 is 30.9 Å². The minimum Gasteiger partial charge on any atom is -0.496 e. The summed E-state index contributed by atoms with van der Waals surface area (Å²) in [5.74, 6) is -1.45. The van der Waals surface area contributed by atoms with Crippen molar-refractivity contribution < 1.29 is 38.2 Å². The molecule has 1 unspecified atom stereocenters. The normalized spacial score (nSPS) is 16.0. The van der Waals surface area contributed by atoms with Gasteiger partial charge in [-0.05, 0) is 95.5 Å². The van der Waals surface area contributed by atoms with Crippen LogP contribution in [-0.4, -0.2) is 69.7 Å². The maximum atomic E-state index is 14.8. The third-order valence-electron chi connectivity index (χ3n) is 11.6. The molecule has 1 aliphatic heterocycles. The molecule has 1 aliphatic carbocycles. The fraction of sp³-hybridized carbons (Fsp3) is 0.204. The Morgan fingerprint density at radius 1 is 0.774 bits per heavy atom. The van der Waals surface area contributed by atoms with Gasteiger partial charge in [-0.25, -0.2) is 9.59 Å². The number of ketones is 1. The molecule has 13 nitrogen and oxygen atoms in total. The van der Waals surface area contributed by atoms with Crippen molar-refractivity contribution in [3.63, 3.8) is 0 Å². The van der Waals surface area contributed by atoms with Crippen LogP contribution >= 0.6 is 0 Å². The van der Waals surface area contributed by atoms with Gasteiger partial charge in [0.2, 0.25) is 5.91 Å². The van der Waals surface area contributed by atoms with Gasteiger partial charge in [-0.3, -0.25) is 25.0 Å². The molecule has 2 aliphatic rings. The van der Waals surface area contributed by atoms with E-state index in [0.717, 1.165) is 33.0 Å². The third kappa shape index (κ3) is 7.98. The van der Waals surface area contributed by atoms with Crippen LogP contribution in [0.3, 0.4) is 0 Å². The van der Waals surface area contributed by atoms with E-state index in [1.807, 2.05) is 30.3 Å². The first-order valence-electron chi connectivity index (χ1n) is 20.2. The fourth-order valence-corrected chi connectivity index (χ4v) is 8.23. The number of esters is 1. The highest BCUT2D eigenvalue weighted by Crippen LogP contribution is 2.44. The van der Waals surface area contributed by atoms with Crippen LogP contribution in [-0.2, 0) is 25.6 Å². The Bertz CT molecular complexity index is 2670. The van der Waals surface area contributed by atoms with Gasteiger partial charge in [-0.1, -0.05) is 78.9 Å². The first kappa shape index (κ1) is 41.4. The Hall–Kier alpha value is -7.35. The number of carbonyl (C=O) groups excluding carboxylic acids is 5. The lowest BCUT2D eigenvalue weighted by molar-refractivity contribution is -0.129. The zero-order valence-electron chi connectivity index (χ0n) is 34.6. The lowest BCUT2D eigenvalue weighted by Crippen LogP contribution is -2.58. The number of para-hydroxylation sites is 1. The van der Waals surface area contributed by atoms with Crippen molar-refractivity contribution in [1.29, 1.82) is 0 Å². The molecule has 0 bridgehead atoms. The summed E-state index contributed by atoms with van der Waals surface area (Å²) >= 11 is 0. The van der Waals surface area contributed by atoms with Gasteiger partial charge < -0.3 is 29.7 Å². The zero-order valence-corrected chi connectivity index (χ0v) is 34.6. The molecule has 0 aromatic heterocycles. The minimum absolute atomic E-state index is 0.0132. The molecule has 62 heavy (non-hydrogen) atoms. The van der Waals surface area contributed by atoms with Gasteiger partial charge in [-0.15, -0.1) is 0 Å². The van der Waals surface area contributed by atoms with Crippen LogP contribution in [0.2, 0.25) is 0 Å². The number of nitrogens with zero attached hydrogens (tertiary/aromatic N) is 1. The monoisotopic (exact) mass is 831 g/mol. The summed E-state index contributed by atoms with van der Waals surface area (Å²) in [6.07, 6.45) is -1.97. The SMILES string of the molecule is CN[C@@H](C)C(=O)N[C@@H]1NC(C(=O)c2ccc(NC(=O)OCC3c4ccccc4-c4ccccc43)cc2)c2ccccc2N(Cc2c(OC)ccc3cc(C(=O)OC)ccc23)C1=O. The van der Waals surface area contributed by atoms with E-state index in [-0.39, 0.29) is 24.9 Å². The first-order chi connectivity index (χ1) is 30.1. The number of carbonyl (C=O) groups is 5. The molecule has 3 amide bonds. The Balaban J connectivity index is 1.06. The molecule has 1 heterocycles. The van der Waals surface area contributed by atoms with Crippen molar-refractivity contribution in [2.45, 2.75) is 37.6 Å². The summed E-state index contributed by atoms with van der Waals surface area (Å²) in [5, 5.41) is 13.1. The summed E-state index contributed by atoms with van der Waals surface area (Å²) in [4.78, 5) is 69.7. The standard InChI is InChI=1S/C49H45N5O8/c1-28(50-2)46(56)53-45-47(57)54(26-39-33-23-19-31(48(58)61-4)25-30(33)20-24-42(39)60-3)41-16-10-9-15-38(41)43(52-45)44(55)29-17-21-32(22-18-29)51-49(59)62-27-40-36-13-7-5-11-34(36)35-12-6-8-14-37(35)40/h5-25,28,40,43,45,50,52H,26-27H2,1-4H3,(H,51,59)(H,53,56)/t28-,43?,45-/m0/s1. The van der Waals surface area contributed by atoms with Gasteiger partial charge >= 0.3 is 12.1 Å². The fourth-order valence-electron chi connectivity index (χ4n) is 8.23. The molecule has 4 N–H and O–H groups in total. The van der Waals surface area contributed by atoms with Crippen LogP contribution in [0.4, 0.5) is 16.2 Å². The Morgan fingerprint density at radius 3 is 2.08 bits per heavy atom. The average molecular weight is 832 g/mol. The minimum atomic E-state index is -1.33. The second-order valence-corrected chi connectivity index (χ2v) is 15.1. The van der Waals surface area contributed by atoms with E-state index in [1.54, 1.807) is 86.8 Å². The van der Waals surface area contributed by atoms with E-state index in [2.05, 4.69) is 45.5 Å². The largest absolute Gasteiger partial charge is 0.496 e. The molecular weight excluding hydrogens is 787 g/mol. The van der Waals surface area contributed by atoms with E-state index in [1.165, 1.54) is 19.1 Å². The topological polar surface area (TPSA) is 164 Å². The summed E-state index contributed by atoms with van der Waals surface area (Å²) in [7, 11) is 4.48. The zero-order chi connectivity index (χ0) is 43.5. The molecule has 8 rings (SSSR count). The lowest BCUT2D eigenvalue weighted by Gasteiger charge is -2.28. The number of ether oxygens (including phenoxy) is 3. The molecule has 0 spiro atoms. The molecular formula is C49H45N5O8. The molecule has 13 heteroatoms. The van der Waals surface area contributed by atoms with Crippen LogP contribution in [0.25, 0.3) is 21.9 Å². The summed E-state index contributed by atoms with van der Waals surface area (Å²) in [6, 6.07) is 36.6.